The predicted octanol–water partition coefficient (Wildman–Crippen LogP) is 6.32. The zero-order valence-electron chi connectivity index (χ0n) is 17.3. The summed E-state index contributed by atoms with van der Waals surface area (Å²) >= 11 is 9.24. The van der Waals surface area contributed by atoms with Crippen LogP contribution in [0.15, 0.2) is 81.9 Å². The highest BCUT2D eigenvalue weighted by atomic mass is 35.5. The molecule has 34 heavy (non-hydrogen) atoms. The number of carbonyl (C=O) groups excluding carboxylic acids is 1. The molecule has 170 valence electrons. The minimum Gasteiger partial charge on any atom is -0.461 e. The lowest BCUT2D eigenvalue weighted by Gasteiger charge is -2.10. The fourth-order valence-electron chi connectivity index (χ4n) is 3.12. The second-order valence-electron chi connectivity index (χ2n) is 6.95. The molecular formula is C23H15ClFN5O2S2. The van der Waals surface area contributed by atoms with Crippen molar-refractivity contribution in [2.24, 2.45) is 0 Å². The van der Waals surface area contributed by atoms with E-state index in [1.54, 1.807) is 29.8 Å². The molecule has 0 aliphatic heterocycles. The fourth-order valence-corrected chi connectivity index (χ4v) is 5.07. The van der Waals surface area contributed by atoms with E-state index < -0.39 is 0 Å². The monoisotopic (exact) mass is 511 g/mol. The molecule has 0 saturated carbocycles. The van der Waals surface area contributed by atoms with Crippen LogP contribution in [0.3, 0.4) is 0 Å². The second-order valence-corrected chi connectivity index (χ2v) is 9.24. The third kappa shape index (κ3) is 4.74. The van der Waals surface area contributed by atoms with Crippen molar-refractivity contribution in [2.75, 3.05) is 5.32 Å². The highest BCUT2D eigenvalue weighted by Crippen LogP contribution is 2.33. The quantitative estimate of drug-likeness (QED) is 0.257. The van der Waals surface area contributed by atoms with Crippen molar-refractivity contribution in [1.29, 1.82) is 0 Å². The summed E-state index contributed by atoms with van der Waals surface area (Å²) in [7, 11) is 0. The Kier molecular flexibility index (Phi) is 6.43. The van der Waals surface area contributed by atoms with Crippen LogP contribution in [-0.4, -0.2) is 25.7 Å². The van der Waals surface area contributed by atoms with Crippen LogP contribution in [0.4, 0.5) is 10.1 Å². The maximum atomic E-state index is 13.1. The number of benzene rings is 2. The summed E-state index contributed by atoms with van der Waals surface area (Å²) in [5.74, 6) is 0.825. The molecule has 1 N–H and O–H groups in total. The Morgan fingerprint density at radius 2 is 1.94 bits per heavy atom. The molecule has 0 aliphatic carbocycles. The van der Waals surface area contributed by atoms with Gasteiger partial charge in [-0.2, -0.15) is 0 Å². The normalized spacial score (nSPS) is 11.0. The summed E-state index contributed by atoms with van der Waals surface area (Å²) in [6.45, 7) is 0. The van der Waals surface area contributed by atoms with E-state index in [0.717, 1.165) is 10.7 Å². The standard InChI is InChI=1S/C23H15ClFN5O2S2/c24-16-4-1-2-5-18(16)30-21(19-6-3-11-32-19)28-29-23(30)34-13-20-27-17(12-33-20)22(31)26-15-9-7-14(25)8-10-15/h1-12H,13H2,(H,26,31). The number of carbonyl (C=O) groups is 1. The summed E-state index contributed by atoms with van der Waals surface area (Å²) in [4.78, 5) is 16.9. The van der Waals surface area contributed by atoms with Gasteiger partial charge in [0.2, 0.25) is 5.82 Å². The Hall–Kier alpha value is -3.47. The van der Waals surface area contributed by atoms with E-state index >= 15 is 0 Å². The minimum absolute atomic E-state index is 0.286. The number of hydrogen-bond acceptors (Lipinski definition) is 7. The number of nitrogens with one attached hydrogen (secondary N) is 1. The third-order valence-corrected chi connectivity index (χ3v) is 6.97. The molecule has 0 aliphatic rings. The molecule has 0 saturated heterocycles. The molecule has 11 heteroatoms. The highest BCUT2D eigenvalue weighted by molar-refractivity contribution is 7.98. The molecule has 0 unspecified atom stereocenters. The maximum Gasteiger partial charge on any atom is 0.275 e. The molecular weight excluding hydrogens is 497 g/mol. The number of anilines is 1. The van der Waals surface area contributed by atoms with Gasteiger partial charge in [-0.1, -0.05) is 35.5 Å². The number of amides is 1. The molecule has 3 heterocycles. The van der Waals surface area contributed by atoms with Gasteiger partial charge < -0.3 is 9.73 Å². The van der Waals surface area contributed by atoms with E-state index in [9.17, 15) is 9.18 Å². The Morgan fingerprint density at radius 3 is 2.71 bits per heavy atom. The number of hydrogen-bond donors (Lipinski definition) is 1. The molecule has 1 amide bonds. The highest BCUT2D eigenvalue weighted by Gasteiger charge is 2.20. The van der Waals surface area contributed by atoms with E-state index in [1.807, 2.05) is 22.8 Å². The van der Waals surface area contributed by atoms with Crippen LogP contribution in [0.25, 0.3) is 17.3 Å². The van der Waals surface area contributed by atoms with Crippen LogP contribution in [-0.2, 0) is 5.75 Å². The molecule has 3 aromatic heterocycles. The third-order valence-electron chi connectivity index (χ3n) is 4.68. The summed E-state index contributed by atoms with van der Waals surface area (Å²) in [6, 6.07) is 16.5. The van der Waals surface area contributed by atoms with Gasteiger partial charge in [-0.05, 0) is 48.5 Å². The first kappa shape index (κ1) is 22.3. The first-order valence-corrected chi connectivity index (χ1v) is 12.2. The predicted molar refractivity (Wildman–Crippen MR) is 130 cm³/mol. The Labute approximate surface area is 206 Å². The second kappa shape index (κ2) is 9.80. The molecule has 0 bridgehead atoms. The number of aromatic nitrogens is 4. The number of furan rings is 1. The van der Waals surface area contributed by atoms with Gasteiger partial charge in [0.25, 0.3) is 5.91 Å². The van der Waals surface area contributed by atoms with Gasteiger partial charge in [0.05, 0.1) is 22.7 Å². The largest absolute Gasteiger partial charge is 0.461 e. The van der Waals surface area contributed by atoms with Crippen LogP contribution in [0, 0.1) is 5.82 Å². The molecule has 2 aromatic carbocycles. The zero-order valence-corrected chi connectivity index (χ0v) is 19.7. The number of nitrogens with zero attached hydrogens (tertiary/aromatic N) is 4. The molecule has 0 atom stereocenters. The molecule has 7 nitrogen and oxygen atoms in total. The number of halogens is 2. The number of para-hydroxylation sites is 1. The van der Waals surface area contributed by atoms with Crippen LogP contribution in [0.2, 0.25) is 5.02 Å². The van der Waals surface area contributed by atoms with E-state index in [-0.39, 0.29) is 17.4 Å². The van der Waals surface area contributed by atoms with Crippen molar-refractivity contribution in [2.45, 2.75) is 10.9 Å². The van der Waals surface area contributed by atoms with Gasteiger partial charge in [0.1, 0.15) is 16.5 Å². The van der Waals surface area contributed by atoms with Crippen LogP contribution >= 0.6 is 34.7 Å². The van der Waals surface area contributed by atoms with Crippen molar-refractivity contribution >= 4 is 46.3 Å². The van der Waals surface area contributed by atoms with Gasteiger partial charge in [-0.15, -0.1) is 21.5 Å². The summed E-state index contributed by atoms with van der Waals surface area (Å²) in [5.41, 5.74) is 1.50. The van der Waals surface area contributed by atoms with Gasteiger partial charge >= 0.3 is 0 Å². The smallest absolute Gasteiger partial charge is 0.275 e. The first-order valence-electron chi connectivity index (χ1n) is 9.97. The Morgan fingerprint density at radius 1 is 1.12 bits per heavy atom. The van der Waals surface area contributed by atoms with Crippen LogP contribution < -0.4 is 5.32 Å². The lowest BCUT2D eigenvalue weighted by Crippen LogP contribution is -2.12. The van der Waals surface area contributed by atoms with E-state index in [4.69, 9.17) is 16.0 Å². The van der Waals surface area contributed by atoms with Crippen molar-refractivity contribution in [1.82, 2.24) is 19.7 Å². The summed E-state index contributed by atoms with van der Waals surface area (Å²) in [5, 5.41) is 14.9. The first-order chi connectivity index (χ1) is 16.6. The molecule has 0 spiro atoms. The maximum absolute atomic E-state index is 13.1. The lowest BCUT2D eigenvalue weighted by molar-refractivity contribution is 0.102. The van der Waals surface area contributed by atoms with Crippen molar-refractivity contribution in [3.05, 3.63) is 93.8 Å². The molecule has 5 aromatic rings. The van der Waals surface area contributed by atoms with E-state index in [2.05, 4.69) is 20.5 Å². The average molecular weight is 512 g/mol. The topological polar surface area (TPSA) is 85.8 Å². The van der Waals surface area contributed by atoms with E-state index in [1.165, 1.54) is 47.4 Å². The van der Waals surface area contributed by atoms with Crippen molar-refractivity contribution in [3.63, 3.8) is 0 Å². The van der Waals surface area contributed by atoms with Crippen molar-refractivity contribution < 1.29 is 13.6 Å². The zero-order chi connectivity index (χ0) is 23.5. The molecule has 0 fully saturated rings. The minimum atomic E-state index is -0.370. The molecule has 0 radical (unpaired) electrons. The van der Waals surface area contributed by atoms with E-state index in [0.29, 0.717) is 33.2 Å². The number of rotatable bonds is 7. The Bertz CT molecular complexity index is 1430. The van der Waals surface area contributed by atoms with Gasteiger partial charge in [-0.25, -0.2) is 9.37 Å². The van der Waals surface area contributed by atoms with Gasteiger partial charge in [0.15, 0.2) is 10.9 Å². The molecule has 5 rings (SSSR count). The number of thiazole rings is 1. The lowest BCUT2D eigenvalue weighted by atomic mass is 10.3. The average Bonchev–Trinajstić information content (AvgIpc) is 3.60. The Balaban J connectivity index is 1.35. The fraction of sp³-hybridized carbons (Fsp3) is 0.0435. The van der Waals surface area contributed by atoms with Crippen molar-refractivity contribution in [3.8, 4) is 17.3 Å². The number of thioether (sulfide) groups is 1. The van der Waals surface area contributed by atoms with Crippen LogP contribution in [0.5, 0.6) is 0 Å². The SMILES string of the molecule is O=C(Nc1ccc(F)cc1)c1csc(CSc2nnc(-c3ccco3)n2-c2ccccc2Cl)n1. The van der Waals surface area contributed by atoms with Crippen LogP contribution in [0.1, 0.15) is 15.5 Å². The van der Waals surface area contributed by atoms with Gasteiger partial charge in [0, 0.05) is 11.1 Å². The van der Waals surface area contributed by atoms with Gasteiger partial charge in [-0.3, -0.25) is 9.36 Å². The summed E-state index contributed by atoms with van der Waals surface area (Å²) in [6.07, 6.45) is 1.57. The summed E-state index contributed by atoms with van der Waals surface area (Å²) < 4.78 is 20.4.